The van der Waals surface area contributed by atoms with Gasteiger partial charge in [0.2, 0.25) is 10.8 Å². The van der Waals surface area contributed by atoms with Gasteiger partial charge in [-0.15, -0.1) is 0 Å². The standard InChI is InChI=1S/C18H17N5O2/c1-12-9-16(10-19)17(11-20,14(22-12)13-5-3-2-4-6-13)15(21)23-18(16)24-7-8-25-18/h2-6,9,14,22H,7-8H2,1H3,(H2,21,23)/p+2/t14-,16-,17+/m0/s1. The first kappa shape index (κ1) is 15.8. The predicted octanol–water partition coefficient (Wildman–Crippen LogP) is -1.62. The lowest BCUT2D eigenvalue weighted by Gasteiger charge is -2.42. The molecule has 25 heavy (non-hydrogen) atoms. The maximum absolute atomic E-state index is 10.3. The summed E-state index contributed by atoms with van der Waals surface area (Å²) in [5, 5.41) is 22.5. The second-order valence-corrected chi connectivity index (χ2v) is 6.64. The summed E-state index contributed by atoms with van der Waals surface area (Å²) in [5.74, 6) is -1.24. The van der Waals surface area contributed by atoms with Gasteiger partial charge in [-0.2, -0.15) is 10.5 Å². The number of hydrogen-bond donors (Lipinski definition) is 3. The summed E-state index contributed by atoms with van der Waals surface area (Å²) in [5.41, 5.74) is 5.41. The molecule has 7 heteroatoms. The van der Waals surface area contributed by atoms with Crippen molar-refractivity contribution in [1.29, 1.82) is 10.5 Å². The van der Waals surface area contributed by atoms with Gasteiger partial charge >= 0.3 is 5.91 Å². The Hall–Kier alpha value is -2.71. The number of benzene rings is 1. The minimum Gasteiger partial charge on any atom is -0.311 e. The lowest BCUT2D eigenvalue weighted by Crippen LogP contribution is -2.90. The molecule has 1 saturated heterocycles. The first-order chi connectivity index (χ1) is 12.1. The predicted molar refractivity (Wildman–Crippen MR) is 85.7 cm³/mol. The first-order valence-corrected chi connectivity index (χ1v) is 8.16. The number of nitriles is 2. The monoisotopic (exact) mass is 337 g/mol. The van der Waals surface area contributed by atoms with Crippen LogP contribution in [0.3, 0.4) is 0 Å². The molecule has 1 aromatic carbocycles. The van der Waals surface area contributed by atoms with Gasteiger partial charge in [0.1, 0.15) is 11.7 Å². The third-order valence-corrected chi connectivity index (χ3v) is 5.41. The Bertz CT molecular complexity index is 860. The largest absolute Gasteiger partial charge is 0.347 e. The number of nitrogens with zero attached hydrogens (tertiary/aromatic N) is 2. The van der Waals surface area contributed by atoms with Crippen LogP contribution in [-0.4, -0.2) is 25.0 Å². The maximum Gasteiger partial charge on any atom is 0.347 e. The average Bonchev–Trinajstić information content (AvgIpc) is 3.18. The van der Waals surface area contributed by atoms with Crippen LogP contribution in [0, 0.1) is 33.5 Å². The van der Waals surface area contributed by atoms with E-state index in [2.05, 4.69) is 17.1 Å². The smallest absolute Gasteiger partial charge is 0.311 e. The zero-order chi connectivity index (χ0) is 17.7. The molecular weight excluding hydrogens is 318 g/mol. The molecule has 0 aromatic heterocycles. The Kier molecular flexibility index (Phi) is 3.25. The summed E-state index contributed by atoms with van der Waals surface area (Å²) in [7, 11) is 0. The van der Waals surface area contributed by atoms with E-state index in [0.717, 1.165) is 11.3 Å². The molecule has 3 heterocycles. The molecule has 0 amide bonds. The van der Waals surface area contributed by atoms with Gasteiger partial charge in [0.15, 0.2) is 0 Å². The van der Waals surface area contributed by atoms with Gasteiger partial charge in [0.05, 0.1) is 25.4 Å². The molecule has 0 aliphatic carbocycles. The Balaban J connectivity index is 2.03. The lowest BCUT2D eigenvalue weighted by molar-refractivity contribution is -0.689. The van der Waals surface area contributed by atoms with E-state index in [4.69, 9.17) is 15.2 Å². The summed E-state index contributed by atoms with van der Waals surface area (Å²) in [6, 6.07) is 13.9. The van der Waals surface area contributed by atoms with Crippen molar-refractivity contribution < 1.29 is 19.8 Å². The van der Waals surface area contributed by atoms with Gasteiger partial charge in [-0.3, -0.25) is 5.73 Å². The molecule has 1 aromatic rings. The van der Waals surface area contributed by atoms with Gasteiger partial charge in [0, 0.05) is 18.6 Å². The fourth-order valence-electron chi connectivity index (χ4n) is 4.38. The van der Waals surface area contributed by atoms with E-state index in [1.54, 1.807) is 6.08 Å². The van der Waals surface area contributed by atoms with Crippen molar-refractivity contribution in [3.63, 3.8) is 0 Å². The van der Waals surface area contributed by atoms with Crippen molar-refractivity contribution in [1.82, 2.24) is 0 Å². The summed E-state index contributed by atoms with van der Waals surface area (Å²) in [6.07, 6.45) is 1.76. The number of hydrogen-bond acceptors (Lipinski definition) is 5. The van der Waals surface area contributed by atoms with Crippen LogP contribution in [0.25, 0.3) is 0 Å². The van der Waals surface area contributed by atoms with Crippen LogP contribution in [0.5, 0.6) is 0 Å². The van der Waals surface area contributed by atoms with Gasteiger partial charge in [-0.25, -0.2) is 4.99 Å². The summed E-state index contributed by atoms with van der Waals surface area (Å²) < 4.78 is 11.7. The summed E-state index contributed by atoms with van der Waals surface area (Å²) >= 11 is 0. The summed E-state index contributed by atoms with van der Waals surface area (Å²) in [4.78, 5) is 3.02. The summed E-state index contributed by atoms with van der Waals surface area (Å²) in [6.45, 7) is 2.57. The highest BCUT2D eigenvalue weighted by Crippen LogP contribution is 2.57. The van der Waals surface area contributed by atoms with Gasteiger partial charge < -0.3 is 14.8 Å². The van der Waals surface area contributed by atoms with Crippen LogP contribution >= 0.6 is 0 Å². The number of nitrogens with one attached hydrogen (secondary N) is 1. The third-order valence-electron chi connectivity index (χ3n) is 5.41. The van der Waals surface area contributed by atoms with E-state index < -0.39 is 22.8 Å². The zero-order valence-electron chi connectivity index (χ0n) is 13.8. The molecule has 0 unspecified atom stereocenters. The zero-order valence-corrected chi connectivity index (χ0v) is 13.8. The molecule has 126 valence electrons. The van der Waals surface area contributed by atoms with E-state index in [0.29, 0.717) is 13.2 Å². The van der Waals surface area contributed by atoms with Crippen molar-refractivity contribution >= 4 is 5.84 Å². The highest BCUT2D eigenvalue weighted by atomic mass is 16.8. The minimum atomic E-state index is -1.44. The van der Waals surface area contributed by atoms with Crippen LogP contribution in [0.4, 0.5) is 0 Å². The number of allylic oxidation sites excluding steroid dienone is 1. The van der Waals surface area contributed by atoms with Crippen molar-refractivity contribution in [3.8, 4) is 12.1 Å². The topological polar surface area (TPSA) is 123 Å². The molecule has 5 N–H and O–H groups in total. The van der Waals surface area contributed by atoms with Crippen LogP contribution < -0.4 is 16.0 Å². The number of ether oxygens (including phenoxy) is 2. The number of amidine groups is 1. The second kappa shape index (κ2) is 5.14. The van der Waals surface area contributed by atoms with Crippen LogP contribution in [0.15, 0.2) is 42.1 Å². The van der Waals surface area contributed by atoms with E-state index in [-0.39, 0.29) is 5.84 Å². The first-order valence-electron chi connectivity index (χ1n) is 8.16. The molecule has 0 bridgehead atoms. The number of quaternary nitrogens is 1. The van der Waals surface area contributed by atoms with Crippen molar-refractivity contribution in [2.24, 2.45) is 16.6 Å². The molecule has 0 saturated carbocycles. The number of fused-ring (bicyclic) bond motifs is 2. The van der Waals surface area contributed by atoms with Gasteiger partial charge in [-0.1, -0.05) is 30.3 Å². The Morgan fingerprint density at radius 3 is 2.48 bits per heavy atom. The van der Waals surface area contributed by atoms with Crippen molar-refractivity contribution in [3.05, 3.63) is 47.7 Å². The normalized spacial score (nSPS) is 35.4. The third kappa shape index (κ3) is 1.70. The van der Waals surface area contributed by atoms with E-state index in [1.807, 2.05) is 42.6 Å². The molecular formula is C18H19N5O2+2. The van der Waals surface area contributed by atoms with Crippen molar-refractivity contribution in [2.45, 2.75) is 18.9 Å². The SMILES string of the molecule is CC1=C[C@@]2(C#N)C3([NH+]=C(N)[C@@]2(C#N)[C@H](c2ccccc2)[NH2+]1)OCCO3. The molecule has 4 rings (SSSR count). The average molecular weight is 337 g/mol. The van der Waals surface area contributed by atoms with E-state index >= 15 is 0 Å². The van der Waals surface area contributed by atoms with Gasteiger partial charge in [0.25, 0.3) is 5.84 Å². The molecule has 0 radical (unpaired) electrons. The van der Waals surface area contributed by atoms with E-state index in [9.17, 15) is 10.5 Å². The molecule has 7 nitrogen and oxygen atoms in total. The van der Waals surface area contributed by atoms with E-state index in [1.165, 1.54) is 0 Å². The molecule has 1 spiro atoms. The quantitative estimate of drug-likeness (QED) is 0.568. The second-order valence-electron chi connectivity index (χ2n) is 6.64. The molecule has 3 aliphatic rings. The minimum absolute atomic E-state index is 0.201. The van der Waals surface area contributed by atoms with Crippen molar-refractivity contribution in [2.75, 3.05) is 13.2 Å². The highest BCUT2D eigenvalue weighted by Gasteiger charge is 2.82. The molecule has 1 fully saturated rings. The lowest BCUT2D eigenvalue weighted by atomic mass is 9.57. The maximum atomic E-state index is 10.3. The molecule has 3 aliphatic heterocycles. The number of nitrogens with two attached hydrogens (primary N) is 2. The fourth-order valence-corrected chi connectivity index (χ4v) is 4.38. The highest BCUT2D eigenvalue weighted by molar-refractivity contribution is 5.89. The van der Waals surface area contributed by atoms with Crippen LogP contribution in [-0.2, 0) is 9.47 Å². The Morgan fingerprint density at radius 2 is 1.88 bits per heavy atom. The number of rotatable bonds is 1. The fraction of sp³-hybridized carbons (Fsp3) is 0.389. The molecule has 3 atom stereocenters. The van der Waals surface area contributed by atoms with Gasteiger partial charge in [-0.05, 0) is 0 Å². The van der Waals surface area contributed by atoms with Crippen LogP contribution in [0.2, 0.25) is 0 Å². The Morgan fingerprint density at radius 1 is 1.20 bits per heavy atom. The van der Waals surface area contributed by atoms with Crippen LogP contribution in [0.1, 0.15) is 18.5 Å². The Labute approximate surface area is 145 Å².